The largest absolute Gasteiger partial charge is 0.480 e. The van der Waals surface area contributed by atoms with E-state index in [1.54, 1.807) is 12.1 Å². The van der Waals surface area contributed by atoms with E-state index in [4.69, 9.17) is 5.11 Å². The fourth-order valence-electron chi connectivity index (χ4n) is 2.98. The average Bonchev–Trinajstić information content (AvgIpc) is 2.92. The standard InChI is InChI=1S/C16H18FN3O2/c17-13-8-6-11(7-9-13)15-18-16(12-4-2-1-3-5-12)20(19-15)10-14(21)22/h6-9,12H,1-5,10H2,(H,21,22). The minimum atomic E-state index is -0.937. The molecule has 116 valence electrons. The molecule has 0 spiro atoms. The van der Waals surface area contributed by atoms with Gasteiger partial charge < -0.3 is 5.11 Å². The van der Waals surface area contributed by atoms with E-state index in [1.807, 2.05) is 0 Å². The van der Waals surface area contributed by atoms with Gasteiger partial charge in [-0.2, -0.15) is 5.10 Å². The van der Waals surface area contributed by atoms with Gasteiger partial charge in [-0.3, -0.25) is 4.79 Å². The lowest BCUT2D eigenvalue weighted by atomic mass is 9.88. The Morgan fingerprint density at radius 3 is 2.55 bits per heavy atom. The number of aliphatic carboxylic acids is 1. The van der Waals surface area contributed by atoms with Gasteiger partial charge in [0.2, 0.25) is 0 Å². The van der Waals surface area contributed by atoms with Gasteiger partial charge in [0.25, 0.3) is 0 Å². The van der Waals surface area contributed by atoms with Crippen LogP contribution in [0.15, 0.2) is 24.3 Å². The van der Waals surface area contributed by atoms with Crippen LogP contribution >= 0.6 is 0 Å². The van der Waals surface area contributed by atoms with E-state index < -0.39 is 5.97 Å². The average molecular weight is 303 g/mol. The van der Waals surface area contributed by atoms with Gasteiger partial charge in [0, 0.05) is 11.5 Å². The monoisotopic (exact) mass is 303 g/mol. The Morgan fingerprint density at radius 2 is 1.91 bits per heavy atom. The first-order valence-corrected chi connectivity index (χ1v) is 7.56. The highest BCUT2D eigenvalue weighted by molar-refractivity contribution is 5.66. The molecule has 0 atom stereocenters. The summed E-state index contributed by atoms with van der Waals surface area (Å²) in [7, 11) is 0. The summed E-state index contributed by atoms with van der Waals surface area (Å²) in [6.07, 6.45) is 5.52. The number of carbonyl (C=O) groups is 1. The molecule has 1 aliphatic rings. The smallest absolute Gasteiger partial charge is 0.325 e. The number of halogens is 1. The van der Waals surface area contributed by atoms with Gasteiger partial charge in [-0.25, -0.2) is 14.1 Å². The Hall–Kier alpha value is -2.24. The van der Waals surface area contributed by atoms with Gasteiger partial charge in [0.15, 0.2) is 5.82 Å². The summed E-state index contributed by atoms with van der Waals surface area (Å²) in [5, 5.41) is 13.4. The zero-order valence-corrected chi connectivity index (χ0v) is 12.2. The summed E-state index contributed by atoms with van der Waals surface area (Å²) in [6, 6.07) is 5.93. The van der Waals surface area contributed by atoms with Gasteiger partial charge >= 0.3 is 5.97 Å². The van der Waals surface area contributed by atoms with Gasteiger partial charge in [0.1, 0.15) is 18.2 Å². The quantitative estimate of drug-likeness (QED) is 0.941. The molecule has 0 bridgehead atoms. The number of benzene rings is 1. The summed E-state index contributed by atoms with van der Waals surface area (Å²) in [4.78, 5) is 15.6. The van der Waals surface area contributed by atoms with Gasteiger partial charge in [-0.1, -0.05) is 19.3 Å². The second-order valence-corrected chi connectivity index (χ2v) is 5.69. The summed E-state index contributed by atoms with van der Waals surface area (Å²) < 4.78 is 14.5. The van der Waals surface area contributed by atoms with Crippen LogP contribution in [0.2, 0.25) is 0 Å². The zero-order valence-electron chi connectivity index (χ0n) is 12.2. The van der Waals surface area contributed by atoms with Crippen molar-refractivity contribution in [2.24, 2.45) is 0 Å². The normalized spacial score (nSPS) is 15.9. The molecule has 1 heterocycles. The molecule has 0 radical (unpaired) electrons. The lowest BCUT2D eigenvalue weighted by molar-refractivity contribution is -0.137. The van der Waals surface area contributed by atoms with Crippen LogP contribution in [-0.2, 0) is 11.3 Å². The van der Waals surface area contributed by atoms with Crippen LogP contribution < -0.4 is 0 Å². The SMILES string of the molecule is O=C(O)Cn1nc(-c2ccc(F)cc2)nc1C1CCCCC1. The van der Waals surface area contributed by atoms with Gasteiger partial charge in [0.05, 0.1) is 0 Å². The fourth-order valence-corrected chi connectivity index (χ4v) is 2.98. The Labute approximate surface area is 127 Å². The first kappa shape index (κ1) is 14.7. The molecule has 22 heavy (non-hydrogen) atoms. The van der Waals surface area contributed by atoms with Crippen LogP contribution in [0.1, 0.15) is 43.8 Å². The molecule has 5 nitrogen and oxygen atoms in total. The molecule has 1 fully saturated rings. The number of aromatic nitrogens is 3. The lowest BCUT2D eigenvalue weighted by Crippen LogP contribution is -2.17. The zero-order chi connectivity index (χ0) is 15.5. The molecule has 0 saturated heterocycles. The highest BCUT2D eigenvalue weighted by Gasteiger charge is 2.23. The molecule has 2 aromatic rings. The third-order valence-corrected chi connectivity index (χ3v) is 4.06. The van der Waals surface area contributed by atoms with Crippen molar-refractivity contribution in [2.75, 3.05) is 0 Å². The van der Waals surface area contributed by atoms with E-state index in [9.17, 15) is 9.18 Å². The Bertz CT molecular complexity index is 661. The van der Waals surface area contributed by atoms with Crippen LogP contribution in [0, 0.1) is 5.82 Å². The van der Waals surface area contributed by atoms with E-state index in [0.29, 0.717) is 11.4 Å². The molecule has 1 saturated carbocycles. The van der Waals surface area contributed by atoms with Crippen molar-refractivity contribution in [1.82, 2.24) is 14.8 Å². The lowest BCUT2D eigenvalue weighted by Gasteiger charge is -2.20. The van der Waals surface area contributed by atoms with Crippen molar-refractivity contribution in [3.63, 3.8) is 0 Å². The van der Waals surface area contributed by atoms with E-state index in [0.717, 1.165) is 31.5 Å². The maximum absolute atomic E-state index is 13.0. The predicted molar refractivity (Wildman–Crippen MR) is 78.9 cm³/mol. The van der Waals surface area contributed by atoms with Crippen LogP contribution in [-0.4, -0.2) is 25.8 Å². The fraction of sp³-hybridized carbons (Fsp3) is 0.438. The number of hydrogen-bond donors (Lipinski definition) is 1. The number of carboxylic acid groups (broad SMARTS) is 1. The number of hydrogen-bond acceptors (Lipinski definition) is 3. The van der Waals surface area contributed by atoms with Crippen molar-refractivity contribution in [3.05, 3.63) is 35.9 Å². The molecule has 0 unspecified atom stereocenters. The minimum Gasteiger partial charge on any atom is -0.480 e. The van der Waals surface area contributed by atoms with E-state index in [2.05, 4.69) is 10.1 Å². The minimum absolute atomic E-state index is 0.194. The van der Waals surface area contributed by atoms with Crippen molar-refractivity contribution in [1.29, 1.82) is 0 Å². The first-order chi connectivity index (χ1) is 10.6. The summed E-state index contributed by atoms with van der Waals surface area (Å²) >= 11 is 0. The van der Waals surface area contributed by atoms with Crippen molar-refractivity contribution < 1.29 is 14.3 Å². The molecule has 0 aliphatic heterocycles. The van der Waals surface area contributed by atoms with Crippen LogP contribution in [0.25, 0.3) is 11.4 Å². The second-order valence-electron chi connectivity index (χ2n) is 5.69. The number of carboxylic acids is 1. The molecule has 0 amide bonds. The maximum Gasteiger partial charge on any atom is 0.325 e. The van der Waals surface area contributed by atoms with Gasteiger partial charge in [-0.05, 0) is 37.1 Å². The Kier molecular flexibility index (Phi) is 4.18. The van der Waals surface area contributed by atoms with E-state index >= 15 is 0 Å². The molecule has 1 aromatic heterocycles. The Morgan fingerprint density at radius 1 is 1.23 bits per heavy atom. The third-order valence-electron chi connectivity index (χ3n) is 4.06. The molecule has 1 aliphatic carbocycles. The van der Waals surface area contributed by atoms with Gasteiger partial charge in [-0.15, -0.1) is 0 Å². The second kappa shape index (κ2) is 6.25. The Balaban J connectivity index is 1.96. The van der Waals surface area contributed by atoms with Crippen molar-refractivity contribution in [3.8, 4) is 11.4 Å². The van der Waals surface area contributed by atoms with Crippen LogP contribution in [0.4, 0.5) is 4.39 Å². The number of nitrogens with zero attached hydrogens (tertiary/aromatic N) is 3. The topological polar surface area (TPSA) is 68.0 Å². The van der Waals surface area contributed by atoms with Crippen molar-refractivity contribution in [2.45, 2.75) is 44.6 Å². The van der Waals surface area contributed by atoms with E-state index in [1.165, 1.54) is 23.2 Å². The summed E-state index contributed by atoms with van der Waals surface area (Å²) in [5.74, 6) is 0.201. The third kappa shape index (κ3) is 3.16. The van der Waals surface area contributed by atoms with E-state index in [-0.39, 0.29) is 18.3 Å². The van der Waals surface area contributed by atoms with Crippen LogP contribution in [0.5, 0.6) is 0 Å². The highest BCUT2D eigenvalue weighted by Crippen LogP contribution is 2.32. The molecule has 1 aromatic carbocycles. The van der Waals surface area contributed by atoms with Crippen molar-refractivity contribution >= 4 is 5.97 Å². The highest BCUT2D eigenvalue weighted by atomic mass is 19.1. The molecular weight excluding hydrogens is 285 g/mol. The summed E-state index contributed by atoms with van der Waals surface area (Å²) in [5.41, 5.74) is 0.697. The molecule has 1 N–H and O–H groups in total. The molecular formula is C16H18FN3O2. The molecule has 6 heteroatoms. The van der Waals surface area contributed by atoms with Crippen LogP contribution in [0.3, 0.4) is 0 Å². The predicted octanol–water partition coefficient (Wildman–Crippen LogP) is 3.22. The first-order valence-electron chi connectivity index (χ1n) is 7.56. The molecule has 3 rings (SSSR count). The number of rotatable bonds is 4. The maximum atomic E-state index is 13.0. The summed E-state index contributed by atoms with van der Waals surface area (Å²) in [6.45, 7) is -0.194.